The number of benzene rings is 1. The summed E-state index contributed by atoms with van der Waals surface area (Å²) in [5.41, 5.74) is 3.60. The Morgan fingerprint density at radius 3 is 2.58 bits per heavy atom. The molecule has 1 fully saturated rings. The van der Waals surface area contributed by atoms with Gasteiger partial charge >= 0.3 is 0 Å². The van der Waals surface area contributed by atoms with Gasteiger partial charge < -0.3 is 9.84 Å². The average molecular weight is 423 g/mol. The van der Waals surface area contributed by atoms with Crippen LogP contribution >= 0.6 is 0 Å². The van der Waals surface area contributed by atoms with Gasteiger partial charge in [-0.15, -0.1) is 0 Å². The fraction of sp³-hybridized carbons (Fsp3) is 0.417. The van der Waals surface area contributed by atoms with Gasteiger partial charge in [0.2, 0.25) is 5.91 Å². The van der Waals surface area contributed by atoms with Crippen LogP contribution in [0.15, 0.2) is 41.1 Å². The third-order valence-electron chi connectivity index (χ3n) is 5.93. The van der Waals surface area contributed by atoms with Crippen molar-refractivity contribution in [3.05, 3.63) is 65.1 Å². The van der Waals surface area contributed by atoms with Crippen molar-refractivity contribution in [2.45, 2.75) is 51.9 Å². The first-order valence-corrected chi connectivity index (χ1v) is 10.8. The number of halogens is 1. The number of carbonyl (C=O) groups excluding carboxylic acids is 1. The minimum atomic E-state index is -0.290. The topological polar surface area (TPSA) is 80.9 Å². The molecule has 3 aromatic rings. The summed E-state index contributed by atoms with van der Waals surface area (Å²) in [5.74, 6) is 1.94. The minimum Gasteiger partial charge on any atom is -0.356 e. The maximum absolute atomic E-state index is 13.0. The molecule has 0 saturated heterocycles. The van der Waals surface area contributed by atoms with E-state index in [4.69, 9.17) is 9.51 Å². The first-order valence-electron chi connectivity index (χ1n) is 10.8. The van der Waals surface area contributed by atoms with Gasteiger partial charge in [0.05, 0.1) is 23.4 Å². The smallest absolute Gasteiger partial charge is 0.224 e. The van der Waals surface area contributed by atoms with Crippen molar-refractivity contribution in [2.75, 3.05) is 6.54 Å². The van der Waals surface area contributed by atoms with E-state index in [0.717, 1.165) is 54.0 Å². The zero-order valence-electron chi connectivity index (χ0n) is 17.9. The number of hydrogen-bond acceptors (Lipinski definition) is 5. The second kappa shape index (κ2) is 9.37. The third-order valence-corrected chi connectivity index (χ3v) is 5.93. The molecule has 0 spiro atoms. The molecule has 0 bridgehead atoms. The van der Waals surface area contributed by atoms with E-state index in [1.807, 2.05) is 26.1 Å². The summed E-state index contributed by atoms with van der Waals surface area (Å²) in [6.07, 6.45) is 6.18. The molecule has 2 aromatic heterocycles. The zero-order valence-corrected chi connectivity index (χ0v) is 17.9. The van der Waals surface area contributed by atoms with Crippen LogP contribution in [0.1, 0.15) is 54.4 Å². The van der Waals surface area contributed by atoms with Gasteiger partial charge in [-0.1, -0.05) is 17.3 Å². The van der Waals surface area contributed by atoms with Crippen LogP contribution in [0.5, 0.6) is 0 Å². The van der Waals surface area contributed by atoms with E-state index in [0.29, 0.717) is 24.1 Å². The number of hydrogen-bond donors (Lipinski definition) is 1. The lowest BCUT2D eigenvalue weighted by atomic mass is 9.79. The van der Waals surface area contributed by atoms with Crippen LogP contribution in [0.4, 0.5) is 4.39 Å². The van der Waals surface area contributed by atoms with E-state index < -0.39 is 0 Å². The predicted octanol–water partition coefficient (Wildman–Crippen LogP) is 4.52. The second-order valence-corrected chi connectivity index (χ2v) is 8.37. The Labute approximate surface area is 181 Å². The second-order valence-electron chi connectivity index (χ2n) is 8.37. The molecule has 0 atom stereocenters. The quantitative estimate of drug-likeness (QED) is 0.632. The van der Waals surface area contributed by atoms with Gasteiger partial charge in [0.15, 0.2) is 5.76 Å². The van der Waals surface area contributed by atoms with Gasteiger partial charge in [-0.3, -0.25) is 4.79 Å². The average Bonchev–Trinajstić information content (AvgIpc) is 3.20. The Bertz CT molecular complexity index is 1040. The van der Waals surface area contributed by atoms with Crippen LogP contribution in [0.3, 0.4) is 0 Å². The van der Waals surface area contributed by atoms with Crippen LogP contribution in [0.25, 0.3) is 11.3 Å². The van der Waals surface area contributed by atoms with E-state index in [9.17, 15) is 9.18 Å². The summed E-state index contributed by atoms with van der Waals surface area (Å²) in [7, 11) is 0. The van der Waals surface area contributed by atoms with Gasteiger partial charge in [-0.25, -0.2) is 14.4 Å². The molecule has 1 aliphatic carbocycles. The van der Waals surface area contributed by atoms with Crippen molar-refractivity contribution in [3.8, 4) is 11.3 Å². The third kappa shape index (κ3) is 5.34. The molecule has 31 heavy (non-hydrogen) atoms. The molecular weight excluding hydrogens is 395 g/mol. The van der Waals surface area contributed by atoms with Crippen molar-refractivity contribution in [2.24, 2.45) is 5.92 Å². The van der Waals surface area contributed by atoms with Crippen LogP contribution in [-0.2, 0) is 11.2 Å². The highest BCUT2D eigenvalue weighted by atomic mass is 19.1. The summed E-state index contributed by atoms with van der Waals surface area (Å²) < 4.78 is 18.5. The van der Waals surface area contributed by atoms with Crippen LogP contribution in [-0.4, -0.2) is 27.6 Å². The number of rotatable bonds is 6. The Morgan fingerprint density at radius 1 is 1.16 bits per heavy atom. The molecule has 2 heterocycles. The molecular formula is C24H27FN4O2. The van der Waals surface area contributed by atoms with Crippen LogP contribution in [0.2, 0.25) is 0 Å². The number of carbonyl (C=O) groups is 1. The standard InChI is InChI=1S/C24H27FN4O2/c1-15-11-22(31-29-15)21-14-26-16(2)28-24(21)19-7-3-18(4-8-19)13-27-23(30)12-17-5-9-20(25)10-6-17/h5-6,9-11,14,18-19H,3-4,7-8,12-13H2,1-2H3,(H,27,30). The van der Waals surface area contributed by atoms with E-state index in [1.165, 1.54) is 12.1 Å². The normalized spacial score (nSPS) is 18.7. The lowest BCUT2D eigenvalue weighted by Gasteiger charge is -2.29. The summed E-state index contributed by atoms with van der Waals surface area (Å²) in [6.45, 7) is 4.47. The molecule has 162 valence electrons. The molecule has 1 aromatic carbocycles. The fourth-order valence-electron chi connectivity index (χ4n) is 4.23. The maximum atomic E-state index is 13.0. The molecule has 1 aliphatic rings. The maximum Gasteiger partial charge on any atom is 0.224 e. The van der Waals surface area contributed by atoms with Gasteiger partial charge in [0.25, 0.3) is 0 Å². The number of aromatic nitrogens is 3. The van der Waals surface area contributed by atoms with E-state index in [2.05, 4.69) is 15.5 Å². The SMILES string of the molecule is Cc1cc(-c2cnc(C)nc2C2CCC(CNC(=O)Cc3ccc(F)cc3)CC2)on1. The summed E-state index contributed by atoms with van der Waals surface area (Å²) >= 11 is 0. The molecule has 0 aliphatic heterocycles. The minimum absolute atomic E-state index is 0.0249. The summed E-state index contributed by atoms with van der Waals surface area (Å²) in [4.78, 5) is 21.3. The molecule has 1 amide bonds. The van der Waals surface area contributed by atoms with Gasteiger partial charge in [-0.05, 0) is 63.1 Å². The fourth-order valence-corrected chi connectivity index (χ4v) is 4.23. The Hall–Kier alpha value is -3.09. The number of nitrogens with one attached hydrogen (secondary N) is 1. The highest BCUT2D eigenvalue weighted by Crippen LogP contribution is 2.38. The Kier molecular flexibility index (Phi) is 6.39. The van der Waals surface area contributed by atoms with Crippen molar-refractivity contribution >= 4 is 5.91 Å². The van der Waals surface area contributed by atoms with Gasteiger partial charge in [0, 0.05) is 24.7 Å². The first kappa shape index (κ1) is 21.2. The molecule has 0 radical (unpaired) electrons. The largest absolute Gasteiger partial charge is 0.356 e. The lowest BCUT2D eigenvalue weighted by Crippen LogP contribution is -2.32. The van der Waals surface area contributed by atoms with E-state index in [-0.39, 0.29) is 18.1 Å². The molecule has 0 unspecified atom stereocenters. The van der Waals surface area contributed by atoms with E-state index in [1.54, 1.807) is 12.1 Å². The monoisotopic (exact) mass is 422 g/mol. The van der Waals surface area contributed by atoms with Gasteiger partial charge in [-0.2, -0.15) is 0 Å². The first-order chi connectivity index (χ1) is 15.0. The van der Waals surface area contributed by atoms with Crippen molar-refractivity contribution < 1.29 is 13.7 Å². The highest BCUT2D eigenvalue weighted by molar-refractivity contribution is 5.78. The summed E-state index contributed by atoms with van der Waals surface area (Å²) in [5, 5.41) is 7.04. The van der Waals surface area contributed by atoms with Crippen molar-refractivity contribution in [1.29, 1.82) is 0 Å². The Morgan fingerprint density at radius 2 is 1.90 bits per heavy atom. The lowest BCUT2D eigenvalue weighted by molar-refractivity contribution is -0.120. The molecule has 1 N–H and O–H groups in total. The predicted molar refractivity (Wildman–Crippen MR) is 115 cm³/mol. The zero-order chi connectivity index (χ0) is 21.8. The molecule has 1 saturated carbocycles. The Balaban J connectivity index is 1.32. The van der Waals surface area contributed by atoms with E-state index >= 15 is 0 Å². The summed E-state index contributed by atoms with van der Waals surface area (Å²) in [6, 6.07) is 7.98. The van der Waals surface area contributed by atoms with Crippen molar-refractivity contribution in [1.82, 2.24) is 20.4 Å². The van der Waals surface area contributed by atoms with Crippen LogP contribution < -0.4 is 5.32 Å². The number of amides is 1. The van der Waals surface area contributed by atoms with Crippen LogP contribution in [0, 0.1) is 25.6 Å². The van der Waals surface area contributed by atoms with Gasteiger partial charge in [0.1, 0.15) is 11.6 Å². The number of aryl methyl sites for hydroxylation is 2. The highest BCUT2D eigenvalue weighted by Gasteiger charge is 2.27. The molecule has 6 nitrogen and oxygen atoms in total. The molecule has 4 rings (SSSR count). The van der Waals surface area contributed by atoms with Crippen molar-refractivity contribution in [3.63, 3.8) is 0 Å². The molecule has 7 heteroatoms. The number of nitrogens with zero attached hydrogens (tertiary/aromatic N) is 3.